The number of aromatic nitrogens is 2. The molecule has 1 aliphatic rings. The number of amides is 2. The lowest BCUT2D eigenvalue weighted by molar-refractivity contribution is -0.117. The maximum Gasteiger partial charge on any atom is 0.257 e. The van der Waals surface area contributed by atoms with Crippen molar-refractivity contribution >= 4 is 29.1 Å². The Balaban J connectivity index is 1.34. The molecule has 1 aliphatic heterocycles. The van der Waals surface area contributed by atoms with Gasteiger partial charge in [-0.1, -0.05) is 17.3 Å². The van der Waals surface area contributed by atoms with E-state index in [0.717, 1.165) is 0 Å². The number of aryl methyl sites for hydroxylation is 1. The molecule has 32 heavy (non-hydrogen) atoms. The normalized spacial score (nSPS) is 14.2. The summed E-state index contributed by atoms with van der Waals surface area (Å²) in [6, 6.07) is 11.2. The molecule has 0 saturated carbocycles. The first-order valence-corrected chi connectivity index (χ1v) is 10.2. The zero-order valence-electron chi connectivity index (χ0n) is 17.5. The minimum Gasteiger partial charge on any atom is -0.360 e. The van der Waals surface area contributed by atoms with Crippen LogP contribution in [0.4, 0.5) is 21.7 Å². The van der Waals surface area contributed by atoms with Crippen LogP contribution in [0.1, 0.15) is 16.1 Å². The number of hydrogen-bond donors (Lipinski definition) is 2. The molecule has 0 radical (unpaired) electrons. The summed E-state index contributed by atoms with van der Waals surface area (Å²) in [6.45, 7) is 3.96. The number of carbonyl (C=O) groups is 2. The highest BCUT2D eigenvalue weighted by molar-refractivity contribution is 5.99. The van der Waals surface area contributed by atoms with Crippen molar-refractivity contribution in [2.45, 2.75) is 6.92 Å². The average molecular weight is 438 g/mol. The van der Waals surface area contributed by atoms with Gasteiger partial charge in [0.25, 0.3) is 5.91 Å². The van der Waals surface area contributed by atoms with Crippen LogP contribution >= 0.6 is 0 Å². The van der Waals surface area contributed by atoms with E-state index in [1.54, 1.807) is 54.4 Å². The number of hydrogen-bond acceptors (Lipinski definition) is 7. The predicted octanol–water partition coefficient (Wildman–Crippen LogP) is 2.66. The number of para-hydroxylation sites is 1. The molecule has 1 saturated heterocycles. The van der Waals surface area contributed by atoms with Crippen LogP contribution in [0.5, 0.6) is 0 Å². The summed E-state index contributed by atoms with van der Waals surface area (Å²) in [6.07, 6.45) is 1.55. The fourth-order valence-electron chi connectivity index (χ4n) is 3.46. The van der Waals surface area contributed by atoms with E-state index in [2.05, 4.69) is 20.8 Å². The van der Waals surface area contributed by atoms with Gasteiger partial charge in [0.1, 0.15) is 17.4 Å². The molecule has 2 N–H and O–H groups in total. The van der Waals surface area contributed by atoms with Crippen LogP contribution in [-0.2, 0) is 4.79 Å². The first-order chi connectivity index (χ1) is 15.5. The number of piperazine rings is 1. The fraction of sp³-hybridized carbons (Fsp3) is 0.273. The number of nitrogens with zero attached hydrogens (tertiary/aromatic N) is 4. The van der Waals surface area contributed by atoms with Crippen LogP contribution in [0, 0.1) is 12.7 Å². The number of anilines is 3. The molecule has 4 rings (SSSR count). The molecule has 2 amide bonds. The highest BCUT2D eigenvalue weighted by atomic mass is 19.1. The van der Waals surface area contributed by atoms with E-state index >= 15 is 0 Å². The minimum absolute atomic E-state index is 0.193. The van der Waals surface area contributed by atoms with E-state index in [-0.39, 0.29) is 24.0 Å². The summed E-state index contributed by atoms with van der Waals surface area (Å²) in [4.78, 5) is 33.2. The van der Waals surface area contributed by atoms with Gasteiger partial charge in [-0.2, -0.15) is 0 Å². The third-order valence-electron chi connectivity index (χ3n) is 5.09. The van der Waals surface area contributed by atoms with Gasteiger partial charge < -0.3 is 20.1 Å². The Morgan fingerprint density at radius 1 is 1.12 bits per heavy atom. The Hall–Kier alpha value is -3.79. The molecule has 0 bridgehead atoms. The van der Waals surface area contributed by atoms with E-state index in [1.165, 1.54) is 6.07 Å². The minimum atomic E-state index is -0.427. The summed E-state index contributed by atoms with van der Waals surface area (Å²) in [7, 11) is 0. The maximum atomic E-state index is 14.0. The van der Waals surface area contributed by atoms with Gasteiger partial charge in [0, 0.05) is 38.4 Å². The Bertz CT molecular complexity index is 1110. The van der Waals surface area contributed by atoms with Gasteiger partial charge in [-0.15, -0.1) is 0 Å². The third-order valence-corrected chi connectivity index (χ3v) is 5.09. The molecule has 3 heterocycles. The van der Waals surface area contributed by atoms with Gasteiger partial charge in [-0.3, -0.25) is 14.5 Å². The second kappa shape index (κ2) is 9.56. The molecular weight excluding hydrogens is 415 g/mol. The summed E-state index contributed by atoms with van der Waals surface area (Å²) >= 11 is 0. The molecule has 166 valence electrons. The molecule has 9 nitrogen and oxygen atoms in total. The molecule has 0 aliphatic carbocycles. The third kappa shape index (κ3) is 5.09. The number of halogens is 1. The number of carbonyl (C=O) groups excluding carboxylic acids is 2. The van der Waals surface area contributed by atoms with Crippen molar-refractivity contribution in [1.82, 2.24) is 19.9 Å². The van der Waals surface area contributed by atoms with Crippen LogP contribution in [-0.4, -0.2) is 64.5 Å². The molecule has 3 aromatic rings. The van der Waals surface area contributed by atoms with Gasteiger partial charge >= 0.3 is 0 Å². The summed E-state index contributed by atoms with van der Waals surface area (Å²) in [5.41, 5.74) is 0.613. The van der Waals surface area contributed by atoms with Crippen molar-refractivity contribution in [3.05, 3.63) is 65.8 Å². The second-order valence-corrected chi connectivity index (χ2v) is 7.44. The first-order valence-electron chi connectivity index (χ1n) is 10.2. The molecule has 0 atom stereocenters. The molecule has 1 aromatic carbocycles. The van der Waals surface area contributed by atoms with E-state index in [4.69, 9.17) is 4.52 Å². The van der Waals surface area contributed by atoms with Gasteiger partial charge in [0.2, 0.25) is 5.91 Å². The van der Waals surface area contributed by atoms with Gasteiger partial charge in [-0.25, -0.2) is 9.37 Å². The SMILES string of the molecule is Cc1cc(NC(=O)CN2CCN(C(=O)c3cccnc3Nc3ccccc3F)CC2)no1. The molecule has 1 fully saturated rings. The van der Waals surface area contributed by atoms with E-state index in [9.17, 15) is 14.0 Å². The van der Waals surface area contributed by atoms with Crippen molar-refractivity contribution in [3.63, 3.8) is 0 Å². The highest BCUT2D eigenvalue weighted by Gasteiger charge is 2.25. The number of benzene rings is 1. The number of nitrogens with one attached hydrogen (secondary N) is 2. The maximum absolute atomic E-state index is 14.0. The van der Waals surface area contributed by atoms with Crippen molar-refractivity contribution in [2.24, 2.45) is 0 Å². The lowest BCUT2D eigenvalue weighted by Crippen LogP contribution is -2.50. The predicted molar refractivity (Wildman–Crippen MR) is 116 cm³/mol. The Morgan fingerprint density at radius 3 is 2.62 bits per heavy atom. The van der Waals surface area contributed by atoms with Crippen LogP contribution in [0.15, 0.2) is 53.2 Å². The Morgan fingerprint density at radius 2 is 1.91 bits per heavy atom. The topological polar surface area (TPSA) is 104 Å². The fourth-order valence-corrected chi connectivity index (χ4v) is 3.46. The summed E-state index contributed by atoms with van der Waals surface area (Å²) < 4.78 is 19.0. The van der Waals surface area contributed by atoms with Crippen molar-refractivity contribution in [2.75, 3.05) is 43.4 Å². The Kier molecular flexibility index (Phi) is 6.41. The van der Waals surface area contributed by atoms with Crippen LogP contribution in [0.2, 0.25) is 0 Å². The zero-order valence-corrected chi connectivity index (χ0v) is 17.5. The van der Waals surface area contributed by atoms with Crippen molar-refractivity contribution in [1.29, 1.82) is 0 Å². The van der Waals surface area contributed by atoms with Gasteiger partial charge in [-0.05, 0) is 31.2 Å². The van der Waals surface area contributed by atoms with E-state index < -0.39 is 5.82 Å². The smallest absolute Gasteiger partial charge is 0.257 e. The Labute approximate surface area is 184 Å². The van der Waals surface area contributed by atoms with Gasteiger partial charge in [0.15, 0.2) is 5.82 Å². The lowest BCUT2D eigenvalue weighted by atomic mass is 10.2. The van der Waals surface area contributed by atoms with Crippen LogP contribution < -0.4 is 10.6 Å². The van der Waals surface area contributed by atoms with Crippen LogP contribution in [0.25, 0.3) is 0 Å². The zero-order chi connectivity index (χ0) is 22.5. The first kappa shape index (κ1) is 21.4. The van der Waals surface area contributed by atoms with E-state index in [0.29, 0.717) is 49.1 Å². The molecule has 0 spiro atoms. The van der Waals surface area contributed by atoms with Crippen molar-refractivity contribution in [3.8, 4) is 0 Å². The largest absolute Gasteiger partial charge is 0.360 e. The summed E-state index contributed by atoms with van der Waals surface area (Å²) in [5.74, 6) is 0.483. The summed E-state index contributed by atoms with van der Waals surface area (Å²) in [5, 5.41) is 9.35. The van der Waals surface area contributed by atoms with Crippen molar-refractivity contribution < 1.29 is 18.5 Å². The lowest BCUT2D eigenvalue weighted by Gasteiger charge is -2.34. The average Bonchev–Trinajstić information content (AvgIpc) is 3.20. The van der Waals surface area contributed by atoms with E-state index in [1.807, 2.05) is 4.90 Å². The monoisotopic (exact) mass is 438 g/mol. The molecule has 0 unspecified atom stereocenters. The molecule has 10 heteroatoms. The standard InChI is InChI=1S/C22H23FN6O3/c1-15-13-19(27-32-15)26-20(30)14-28-9-11-29(12-10-28)22(31)16-5-4-8-24-21(16)25-18-7-3-2-6-17(18)23/h2-8,13H,9-12,14H2,1H3,(H,24,25)(H,26,27,30). The number of rotatable bonds is 6. The molecular formula is C22H23FN6O3. The van der Waals surface area contributed by atoms with Crippen LogP contribution in [0.3, 0.4) is 0 Å². The van der Waals surface area contributed by atoms with Gasteiger partial charge in [0.05, 0.1) is 17.8 Å². The second-order valence-electron chi connectivity index (χ2n) is 7.44. The number of pyridine rings is 1. The quantitative estimate of drug-likeness (QED) is 0.610. The highest BCUT2D eigenvalue weighted by Crippen LogP contribution is 2.22. The molecule has 2 aromatic heterocycles.